The Morgan fingerprint density at radius 1 is 1.57 bits per heavy atom. The maximum atomic E-state index is 13.1. The molecular formula is C11H12FNO. The highest BCUT2D eigenvalue weighted by Crippen LogP contribution is 2.33. The van der Waals surface area contributed by atoms with E-state index in [-0.39, 0.29) is 11.7 Å². The van der Waals surface area contributed by atoms with E-state index in [0.717, 1.165) is 36.1 Å². The number of rotatable bonds is 1. The van der Waals surface area contributed by atoms with E-state index in [1.165, 1.54) is 12.1 Å². The minimum absolute atomic E-state index is 0.152. The molecule has 1 aromatic rings. The number of hydrogen-bond acceptors (Lipinski definition) is 2. The van der Waals surface area contributed by atoms with Crippen LogP contribution in [0.25, 0.3) is 0 Å². The molecule has 1 aliphatic heterocycles. The summed E-state index contributed by atoms with van der Waals surface area (Å²) in [6, 6.07) is 2.94. The van der Waals surface area contributed by atoms with Gasteiger partial charge in [0.25, 0.3) is 0 Å². The summed E-state index contributed by atoms with van der Waals surface area (Å²) in [6.07, 6.45) is 1.65. The number of benzene rings is 1. The maximum Gasteiger partial charge on any atom is 0.127 e. The Morgan fingerprint density at radius 3 is 3.07 bits per heavy atom. The number of hydrogen-bond donors (Lipinski definition) is 1. The molecule has 0 aliphatic carbocycles. The van der Waals surface area contributed by atoms with E-state index in [4.69, 9.17) is 0 Å². The van der Waals surface area contributed by atoms with Crippen molar-refractivity contribution in [2.75, 3.05) is 11.9 Å². The molecule has 1 atom stereocenters. The summed E-state index contributed by atoms with van der Waals surface area (Å²) >= 11 is 0. The first-order valence-electron chi connectivity index (χ1n) is 4.71. The summed E-state index contributed by atoms with van der Waals surface area (Å²) in [5.41, 5.74) is 2.59. The molecule has 1 heterocycles. The van der Waals surface area contributed by atoms with Crippen molar-refractivity contribution in [1.82, 2.24) is 0 Å². The smallest absolute Gasteiger partial charge is 0.127 e. The SMILES string of the molecule is Cc1cc(F)cc2c1NCCC2C=O. The van der Waals surface area contributed by atoms with Crippen molar-refractivity contribution in [2.24, 2.45) is 0 Å². The van der Waals surface area contributed by atoms with Gasteiger partial charge in [0.15, 0.2) is 0 Å². The van der Waals surface area contributed by atoms with Gasteiger partial charge in [-0.15, -0.1) is 0 Å². The van der Waals surface area contributed by atoms with Gasteiger partial charge in [0.2, 0.25) is 0 Å². The van der Waals surface area contributed by atoms with E-state index in [1.807, 2.05) is 6.92 Å². The molecular weight excluding hydrogens is 181 g/mol. The minimum Gasteiger partial charge on any atom is -0.385 e. The average Bonchev–Trinajstić information content (AvgIpc) is 2.17. The predicted octanol–water partition coefficient (Wildman–Crippen LogP) is 2.23. The quantitative estimate of drug-likeness (QED) is 0.693. The standard InChI is InChI=1S/C11H12FNO/c1-7-4-9(12)5-10-8(6-14)2-3-13-11(7)10/h4-6,8,13H,2-3H2,1H3. The molecule has 0 radical (unpaired) electrons. The molecule has 0 saturated heterocycles. The number of carbonyl (C=O) groups excluding carboxylic acids is 1. The number of carbonyl (C=O) groups is 1. The summed E-state index contributed by atoms with van der Waals surface area (Å²) in [6.45, 7) is 2.63. The largest absolute Gasteiger partial charge is 0.385 e. The van der Waals surface area contributed by atoms with E-state index >= 15 is 0 Å². The summed E-state index contributed by atoms with van der Waals surface area (Å²) < 4.78 is 13.1. The summed E-state index contributed by atoms with van der Waals surface area (Å²) in [7, 11) is 0. The highest BCUT2D eigenvalue weighted by molar-refractivity contribution is 5.72. The average molecular weight is 193 g/mol. The van der Waals surface area contributed by atoms with Gasteiger partial charge in [-0.2, -0.15) is 0 Å². The van der Waals surface area contributed by atoms with E-state index in [2.05, 4.69) is 5.32 Å². The number of aryl methyl sites for hydroxylation is 1. The third-order valence-electron chi connectivity index (χ3n) is 2.65. The second-order valence-corrected chi connectivity index (χ2v) is 3.64. The lowest BCUT2D eigenvalue weighted by molar-refractivity contribution is -0.109. The van der Waals surface area contributed by atoms with E-state index in [1.54, 1.807) is 0 Å². The van der Waals surface area contributed by atoms with Crippen LogP contribution in [0.1, 0.15) is 23.5 Å². The van der Waals surface area contributed by atoms with E-state index in [0.29, 0.717) is 0 Å². The molecule has 1 aromatic carbocycles. The Morgan fingerprint density at radius 2 is 2.36 bits per heavy atom. The third kappa shape index (κ3) is 1.39. The Hall–Kier alpha value is -1.38. The number of anilines is 1. The van der Waals surface area contributed by atoms with Crippen molar-refractivity contribution in [3.63, 3.8) is 0 Å². The van der Waals surface area contributed by atoms with Gasteiger partial charge in [0.1, 0.15) is 12.1 Å². The summed E-state index contributed by atoms with van der Waals surface area (Å²) in [4.78, 5) is 10.8. The molecule has 3 heteroatoms. The second-order valence-electron chi connectivity index (χ2n) is 3.64. The molecule has 2 nitrogen and oxygen atoms in total. The zero-order valence-electron chi connectivity index (χ0n) is 8.01. The molecule has 2 rings (SSSR count). The normalized spacial score (nSPS) is 19.7. The lowest BCUT2D eigenvalue weighted by Gasteiger charge is -2.24. The van der Waals surface area contributed by atoms with Crippen LogP contribution in [0.15, 0.2) is 12.1 Å². The highest BCUT2D eigenvalue weighted by Gasteiger charge is 2.21. The first-order chi connectivity index (χ1) is 6.72. The fourth-order valence-corrected chi connectivity index (χ4v) is 1.95. The maximum absolute atomic E-state index is 13.1. The summed E-state index contributed by atoms with van der Waals surface area (Å²) in [5.74, 6) is -0.419. The summed E-state index contributed by atoms with van der Waals surface area (Å²) in [5, 5.41) is 3.20. The molecule has 0 bridgehead atoms. The van der Waals surface area contributed by atoms with Crippen LogP contribution in [0.2, 0.25) is 0 Å². The van der Waals surface area contributed by atoms with Gasteiger partial charge in [-0.25, -0.2) is 4.39 Å². The molecule has 74 valence electrons. The Balaban J connectivity index is 2.56. The van der Waals surface area contributed by atoms with Crippen molar-refractivity contribution in [3.8, 4) is 0 Å². The fourth-order valence-electron chi connectivity index (χ4n) is 1.95. The number of fused-ring (bicyclic) bond motifs is 1. The topological polar surface area (TPSA) is 29.1 Å². The zero-order valence-corrected chi connectivity index (χ0v) is 8.01. The minimum atomic E-state index is -0.267. The van der Waals surface area contributed by atoms with Gasteiger partial charge >= 0.3 is 0 Å². The predicted molar refractivity (Wildman–Crippen MR) is 53.0 cm³/mol. The van der Waals surface area contributed by atoms with Crippen LogP contribution in [-0.4, -0.2) is 12.8 Å². The number of nitrogens with one attached hydrogen (secondary N) is 1. The van der Waals surface area contributed by atoms with Crippen LogP contribution < -0.4 is 5.32 Å². The Kier molecular flexibility index (Phi) is 2.23. The fraction of sp³-hybridized carbons (Fsp3) is 0.364. The van der Waals surface area contributed by atoms with E-state index in [9.17, 15) is 9.18 Å². The van der Waals surface area contributed by atoms with Crippen LogP contribution in [0.4, 0.5) is 10.1 Å². The van der Waals surface area contributed by atoms with Gasteiger partial charge in [0.05, 0.1) is 0 Å². The van der Waals surface area contributed by atoms with Gasteiger partial charge in [-0.1, -0.05) is 0 Å². The van der Waals surface area contributed by atoms with Crippen LogP contribution in [0.5, 0.6) is 0 Å². The first kappa shape index (κ1) is 9.19. The van der Waals surface area contributed by atoms with Crippen molar-refractivity contribution < 1.29 is 9.18 Å². The zero-order chi connectivity index (χ0) is 10.1. The van der Waals surface area contributed by atoms with Crippen LogP contribution in [0, 0.1) is 12.7 Å². The van der Waals surface area contributed by atoms with Crippen molar-refractivity contribution >= 4 is 12.0 Å². The molecule has 0 aromatic heterocycles. The van der Waals surface area contributed by atoms with Gasteiger partial charge in [-0.05, 0) is 36.6 Å². The first-order valence-corrected chi connectivity index (χ1v) is 4.71. The monoisotopic (exact) mass is 193 g/mol. The molecule has 1 N–H and O–H groups in total. The van der Waals surface area contributed by atoms with Gasteiger partial charge in [0, 0.05) is 18.2 Å². The van der Waals surface area contributed by atoms with E-state index < -0.39 is 0 Å². The van der Waals surface area contributed by atoms with Crippen molar-refractivity contribution in [2.45, 2.75) is 19.3 Å². The van der Waals surface area contributed by atoms with Crippen LogP contribution >= 0.6 is 0 Å². The van der Waals surface area contributed by atoms with Gasteiger partial charge < -0.3 is 10.1 Å². The van der Waals surface area contributed by atoms with Crippen molar-refractivity contribution in [1.29, 1.82) is 0 Å². The number of halogens is 1. The van der Waals surface area contributed by atoms with Crippen molar-refractivity contribution in [3.05, 3.63) is 29.1 Å². The molecule has 0 amide bonds. The lowest BCUT2D eigenvalue weighted by atomic mass is 9.90. The third-order valence-corrected chi connectivity index (χ3v) is 2.65. The van der Waals surface area contributed by atoms with Crippen LogP contribution in [-0.2, 0) is 4.79 Å². The second kappa shape index (κ2) is 3.40. The molecule has 0 fully saturated rings. The molecule has 14 heavy (non-hydrogen) atoms. The lowest BCUT2D eigenvalue weighted by Crippen LogP contribution is -2.18. The molecule has 0 saturated carbocycles. The molecule has 1 aliphatic rings. The number of aldehydes is 1. The molecule has 1 unspecified atom stereocenters. The Bertz CT molecular complexity index is 376. The highest BCUT2D eigenvalue weighted by atomic mass is 19.1. The Labute approximate surface area is 82.1 Å². The van der Waals surface area contributed by atoms with Gasteiger partial charge in [-0.3, -0.25) is 0 Å². The molecule has 0 spiro atoms. The van der Waals surface area contributed by atoms with Crippen LogP contribution in [0.3, 0.4) is 0 Å².